The molecule has 0 fully saturated rings. The Hall–Kier alpha value is -5.18. The van der Waals surface area contributed by atoms with E-state index in [1.54, 1.807) is 38.4 Å². The number of nitrogens with zero attached hydrogens (tertiary/aromatic N) is 1. The summed E-state index contributed by atoms with van der Waals surface area (Å²) in [4.78, 5) is 29.8. The number of carbonyl (C=O) groups excluding carboxylic acids is 2. The van der Waals surface area contributed by atoms with Gasteiger partial charge in [0.15, 0.2) is 23.0 Å². The Balaban J connectivity index is 1.46. The second-order valence-electron chi connectivity index (χ2n) is 9.95. The third-order valence-electron chi connectivity index (χ3n) is 7.21. The lowest BCUT2D eigenvalue weighted by molar-refractivity contribution is -0.141. The van der Waals surface area contributed by atoms with E-state index in [1.165, 1.54) is 0 Å². The number of carbonyl (C=O) groups is 2. The predicted octanol–water partition coefficient (Wildman–Crippen LogP) is 5.07. The average Bonchev–Trinajstić information content (AvgIpc) is 3.52. The Kier molecular flexibility index (Phi) is 9.31. The zero-order chi connectivity index (χ0) is 30.2. The van der Waals surface area contributed by atoms with E-state index < -0.39 is 6.04 Å². The molecule has 0 spiro atoms. The van der Waals surface area contributed by atoms with Gasteiger partial charge in [-0.1, -0.05) is 54.6 Å². The molecule has 0 aliphatic carbocycles. The molecule has 1 aliphatic heterocycles. The second-order valence-corrected chi connectivity index (χ2v) is 9.95. The summed E-state index contributed by atoms with van der Waals surface area (Å²) in [7, 11) is 4.71. The van der Waals surface area contributed by atoms with Crippen LogP contribution in [-0.4, -0.2) is 44.8 Å². The van der Waals surface area contributed by atoms with E-state index in [0.717, 1.165) is 16.7 Å². The van der Waals surface area contributed by atoms with Crippen molar-refractivity contribution in [2.75, 3.05) is 28.1 Å². The first-order valence-corrected chi connectivity index (χ1v) is 13.8. The summed E-state index contributed by atoms with van der Waals surface area (Å²) >= 11 is 0. The van der Waals surface area contributed by atoms with E-state index in [4.69, 9.17) is 23.7 Å². The van der Waals surface area contributed by atoms with Crippen molar-refractivity contribution in [3.05, 3.63) is 113 Å². The SMILES string of the molecule is COc1ccc(CN(C(=O)Cc2ccc(OC)c(OC)c2)C(C(=O)NCc2ccc3c(c2)OCO3)c2ccccc2)cc1. The first kappa shape index (κ1) is 29.3. The van der Waals surface area contributed by atoms with E-state index in [9.17, 15) is 9.59 Å². The fourth-order valence-electron chi connectivity index (χ4n) is 4.96. The summed E-state index contributed by atoms with van der Waals surface area (Å²) in [5.74, 6) is 2.57. The average molecular weight is 583 g/mol. The van der Waals surface area contributed by atoms with Crippen LogP contribution in [0.15, 0.2) is 91.0 Å². The molecular formula is C34H34N2O7. The minimum absolute atomic E-state index is 0.0509. The highest BCUT2D eigenvalue weighted by Crippen LogP contribution is 2.33. The number of rotatable bonds is 12. The first-order chi connectivity index (χ1) is 21.0. The number of hydrogen-bond acceptors (Lipinski definition) is 7. The molecule has 0 saturated carbocycles. The zero-order valence-electron chi connectivity index (χ0n) is 24.4. The number of ether oxygens (including phenoxy) is 5. The largest absolute Gasteiger partial charge is 0.497 e. The molecule has 1 N–H and O–H groups in total. The van der Waals surface area contributed by atoms with Crippen molar-refractivity contribution < 1.29 is 33.3 Å². The summed E-state index contributed by atoms with van der Waals surface area (Å²) < 4.78 is 27.0. The molecule has 4 aromatic carbocycles. The smallest absolute Gasteiger partial charge is 0.247 e. The Morgan fingerprint density at radius 1 is 0.767 bits per heavy atom. The highest BCUT2D eigenvalue weighted by Gasteiger charge is 2.32. The summed E-state index contributed by atoms with van der Waals surface area (Å²) in [6, 6.07) is 26.8. The van der Waals surface area contributed by atoms with Crippen molar-refractivity contribution in [2.45, 2.75) is 25.6 Å². The summed E-state index contributed by atoms with van der Waals surface area (Å²) in [5, 5.41) is 3.04. The zero-order valence-corrected chi connectivity index (χ0v) is 24.4. The van der Waals surface area contributed by atoms with Gasteiger partial charge in [0.1, 0.15) is 11.8 Å². The molecule has 1 unspecified atom stereocenters. The van der Waals surface area contributed by atoms with Crippen LogP contribution in [0.2, 0.25) is 0 Å². The normalized spacial score (nSPS) is 12.3. The van der Waals surface area contributed by atoms with Crippen LogP contribution in [0.3, 0.4) is 0 Å². The lowest BCUT2D eigenvalue weighted by atomic mass is 10.0. The number of methoxy groups -OCH3 is 3. The third-order valence-corrected chi connectivity index (χ3v) is 7.21. The summed E-state index contributed by atoms with van der Waals surface area (Å²) in [5.41, 5.74) is 3.13. The number of hydrogen-bond donors (Lipinski definition) is 1. The Morgan fingerprint density at radius 3 is 2.19 bits per heavy atom. The fourth-order valence-corrected chi connectivity index (χ4v) is 4.96. The topological polar surface area (TPSA) is 95.6 Å². The summed E-state index contributed by atoms with van der Waals surface area (Å²) in [6.07, 6.45) is 0.0509. The molecule has 9 heteroatoms. The van der Waals surface area contributed by atoms with Crippen LogP contribution in [0, 0.1) is 0 Å². The van der Waals surface area contributed by atoms with Crippen molar-refractivity contribution in [3.63, 3.8) is 0 Å². The van der Waals surface area contributed by atoms with Crippen LogP contribution in [-0.2, 0) is 29.1 Å². The first-order valence-electron chi connectivity index (χ1n) is 13.8. The second kappa shape index (κ2) is 13.7. The fraction of sp³-hybridized carbons (Fsp3) is 0.235. The highest BCUT2D eigenvalue weighted by molar-refractivity contribution is 5.89. The van der Waals surface area contributed by atoms with Crippen LogP contribution in [0.1, 0.15) is 28.3 Å². The van der Waals surface area contributed by atoms with Gasteiger partial charge in [0, 0.05) is 13.1 Å². The molecule has 0 bridgehead atoms. The van der Waals surface area contributed by atoms with Crippen molar-refractivity contribution >= 4 is 11.8 Å². The standard InChI is InChI=1S/C34H34N2O7/c1-39-27-13-9-23(10-14-27)21-36(32(37)19-24-11-15-28(40-2)30(17-24)41-3)33(26-7-5-4-6-8-26)34(38)35-20-25-12-16-29-31(18-25)43-22-42-29/h4-18,33H,19-22H2,1-3H3,(H,35,38). The van der Waals surface area contributed by atoms with Gasteiger partial charge in [0.25, 0.3) is 0 Å². The molecule has 5 rings (SSSR count). The molecule has 222 valence electrons. The quantitative estimate of drug-likeness (QED) is 0.249. The van der Waals surface area contributed by atoms with Gasteiger partial charge in [-0.15, -0.1) is 0 Å². The molecule has 1 atom stereocenters. The lowest BCUT2D eigenvalue weighted by Gasteiger charge is -2.32. The number of nitrogens with one attached hydrogen (secondary N) is 1. The van der Waals surface area contributed by atoms with Crippen LogP contribution in [0.25, 0.3) is 0 Å². The van der Waals surface area contributed by atoms with Gasteiger partial charge in [-0.25, -0.2) is 0 Å². The van der Waals surface area contributed by atoms with Crippen molar-refractivity contribution in [2.24, 2.45) is 0 Å². The molecule has 4 aromatic rings. The van der Waals surface area contributed by atoms with E-state index in [2.05, 4.69) is 5.32 Å². The van der Waals surface area contributed by atoms with E-state index in [-0.39, 0.29) is 38.1 Å². The Morgan fingerprint density at radius 2 is 1.47 bits per heavy atom. The Labute approximate surface area is 250 Å². The van der Waals surface area contributed by atoms with Gasteiger partial charge in [-0.3, -0.25) is 9.59 Å². The van der Waals surface area contributed by atoms with Gasteiger partial charge in [-0.05, 0) is 58.7 Å². The monoisotopic (exact) mass is 582 g/mol. The maximum absolute atomic E-state index is 14.1. The molecule has 0 radical (unpaired) electrons. The maximum Gasteiger partial charge on any atom is 0.247 e. The highest BCUT2D eigenvalue weighted by atomic mass is 16.7. The Bertz CT molecular complexity index is 1560. The van der Waals surface area contributed by atoms with Crippen molar-refractivity contribution in [3.8, 4) is 28.7 Å². The van der Waals surface area contributed by atoms with Crippen molar-refractivity contribution in [1.82, 2.24) is 10.2 Å². The summed E-state index contributed by atoms with van der Waals surface area (Å²) in [6.45, 7) is 0.621. The van der Waals surface area contributed by atoms with Gasteiger partial charge in [-0.2, -0.15) is 0 Å². The lowest BCUT2D eigenvalue weighted by Crippen LogP contribution is -2.43. The minimum Gasteiger partial charge on any atom is -0.497 e. The number of fused-ring (bicyclic) bond motifs is 1. The van der Waals surface area contributed by atoms with E-state index >= 15 is 0 Å². The molecule has 0 saturated heterocycles. The predicted molar refractivity (Wildman–Crippen MR) is 160 cm³/mol. The molecule has 9 nitrogen and oxygen atoms in total. The van der Waals surface area contributed by atoms with E-state index in [0.29, 0.717) is 34.3 Å². The van der Waals surface area contributed by atoms with Crippen LogP contribution >= 0.6 is 0 Å². The number of benzene rings is 4. The number of amides is 2. The molecular weight excluding hydrogens is 548 g/mol. The maximum atomic E-state index is 14.1. The third kappa shape index (κ3) is 7.01. The molecule has 2 amide bonds. The van der Waals surface area contributed by atoms with E-state index in [1.807, 2.05) is 78.9 Å². The van der Waals surface area contributed by atoms with Crippen molar-refractivity contribution in [1.29, 1.82) is 0 Å². The van der Waals surface area contributed by atoms with Gasteiger partial charge in [0.2, 0.25) is 18.6 Å². The van der Waals surface area contributed by atoms with Gasteiger partial charge < -0.3 is 33.9 Å². The molecule has 43 heavy (non-hydrogen) atoms. The van der Waals surface area contributed by atoms with Crippen LogP contribution in [0.4, 0.5) is 0 Å². The molecule has 1 heterocycles. The van der Waals surface area contributed by atoms with Gasteiger partial charge >= 0.3 is 0 Å². The molecule has 1 aliphatic rings. The molecule has 0 aromatic heterocycles. The van der Waals surface area contributed by atoms with Crippen LogP contribution in [0.5, 0.6) is 28.7 Å². The van der Waals surface area contributed by atoms with Gasteiger partial charge in [0.05, 0.1) is 27.8 Å². The minimum atomic E-state index is -0.898. The van der Waals surface area contributed by atoms with Crippen LogP contribution < -0.4 is 29.0 Å².